The number of amides is 1. The molecular formula is C21H28FNO4. The minimum atomic E-state index is -0.951. The Hall–Kier alpha value is -1.95. The number of halogens is 1. The van der Waals surface area contributed by atoms with Crippen LogP contribution in [0.3, 0.4) is 0 Å². The molecule has 0 radical (unpaired) electrons. The van der Waals surface area contributed by atoms with E-state index in [0.29, 0.717) is 19.1 Å². The summed E-state index contributed by atoms with van der Waals surface area (Å²) in [6.07, 6.45) is 2.39. The average Bonchev–Trinajstić information content (AvgIpc) is 3.03. The van der Waals surface area contributed by atoms with Crippen molar-refractivity contribution in [3.63, 3.8) is 0 Å². The molecule has 0 bridgehead atoms. The highest BCUT2D eigenvalue weighted by Gasteiger charge is 2.50. The Kier molecular flexibility index (Phi) is 5.84. The molecule has 2 saturated heterocycles. The third-order valence-corrected chi connectivity index (χ3v) is 6.04. The van der Waals surface area contributed by atoms with Gasteiger partial charge in [-0.1, -0.05) is 26.0 Å². The van der Waals surface area contributed by atoms with Gasteiger partial charge in [0.15, 0.2) is 0 Å². The van der Waals surface area contributed by atoms with Crippen LogP contribution in [0.5, 0.6) is 0 Å². The van der Waals surface area contributed by atoms with Crippen molar-refractivity contribution in [3.8, 4) is 0 Å². The fourth-order valence-corrected chi connectivity index (χ4v) is 4.59. The van der Waals surface area contributed by atoms with Gasteiger partial charge in [-0.05, 0) is 48.8 Å². The molecule has 1 N–H and O–H groups in total. The summed E-state index contributed by atoms with van der Waals surface area (Å²) in [6.45, 7) is 5.40. The zero-order valence-corrected chi connectivity index (χ0v) is 16.0. The molecule has 148 valence electrons. The number of hydrogen-bond donors (Lipinski definition) is 1. The van der Waals surface area contributed by atoms with Crippen molar-refractivity contribution in [1.29, 1.82) is 0 Å². The Labute approximate surface area is 159 Å². The summed E-state index contributed by atoms with van der Waals surface area (Å²) in [5.41, 5.74) is 0.618. The lowest BCUT2D eigenvalue weighted by Gasteiger charge is -2.48. The van der Waals surface area contributed by atoms with Gasteiger partial charge >= 0.3 is 5.97 Å². The first-order valence-corrected chi connectivity index (χ1v) is 9.72. The van der Waals surface area contributed by atoms with Crippen LogP contribution in [-0.2, 0) is 14.3 Å². The van der Waals surface area contributed by atoms with Crippen molar-refractivity contribution in [2.24, 2.45) is 11.8 Å². The molecule has 0 aromatic heterocycles. The number of carbonyl (C=O) groups is 2. The Balaban J connectivity index is 1.79. The monoisotopic (exact) mass is 377 g/mol. The molecule has 0 unspecified atom stereocenters. The molecule has 1 aromatic carbocycles. The third-order valence-electron chi connectivity index (χ3n) is 6.04. The highest BCUT2D eigenvalue weighted by molar-refractivity contribution is 5.81. The lowest BCUT2D eigenvalue weighted by atomic mass is 9.73. The summed E-state index contributed by atoms with van der Waals surface area (Å²) in [5, 5.41) is 8.88. The molecule has 2 fully saturated rings. The largest absolute Gasteiger partial charge is 0.481 e. The third kappa shape index (κ3) is 4.15. The molecule has 2 aliphatic heterocycles. The summed E-state index contributed by atoms with van der Waals surface area (Å²) in [7, 11) is 0. The van der Waals surface area contributed by atoms with Gasteiger partial charge in [0, 0.05) is 13.0 Å². The second-order valence-electron chi connectivity index (χ2n) is 8.16. The van der Waals surface area contributed by atoms with Crippen LogP contribution < -0.4 is 0 Å². The van der Waals surface area contributed by atoms with Crippen molar-refractivity contribution >= 4 is 11.9 Å². The lowest BCUT2D eigenvalue weighted by Crippen LogP contribution is -2.55. The maximum absolute atomic E-state index is 13.3. The Morgan fingerprint density at radius 2 is 2.00 bits per heavy atom. The Morgan fingerprint density at radius 3 is 2.63 bits per heavy atom. The van der Waals surface area contributed by atoms with E-state index in [0.717, 1.165) is 24.8 Å². The molecule has 3 rings (SSSR count). The van der Waals surface area contributed by atoms with Gasteiger partial charge < -0.3 is 14.7 Å². The number of carbonyl (C=O) groups excluding carboxylic acids is 1. The maximum Gasteiger partial charge on any atom is 0.303 e. The van der Waals surface area contributed by atoms with Crippen LogP contribution in [0.2, 0.25) is 0 Å². The predicted molar refractivity (Wildman–Crippen MR) is 98.6 cm³/mol. The number of aliphatic carboxylic acids is 1. The number of likely N-dealkylation sites (tertiary alicyclic amines) is 1. The smallest absolute Gasteiger partial charge is 0.303 e. The second-order valence-corrected chi connectivity index (χ2v) is 8.16. The van der Waals surface area contributed by atoms with E-state index in [2.05, 4.69) is 13.8 Å². The van der Waals surface area contributed by atoms with Crippen molar-refractivity contribution in [1.82, 2.24) is 4.90 Å². The number of ether oxygens (including phenoxy) is 1. The molecular weight excluding hydrogens is 349 g/mol. The molecule has 1 aromatic rings. The molecule has 0 saturated carbocycles. The number of benzene rings is 1. The number of rotatable bonds is 5. The summed E-state index contributed by atoms with van der Waals surface area (Å²) in [5.74, 6) is -0.766. The van der Waals surface area contributed by atoms with E-state index in [1.807, 2.05) is 4.90 Å². The molecule has 2 aliphatic rings. The topological polar surface area (TPSA) is 66.8 Å². The minimum absolute atomic E-state index is 0.0326. The van der Waals surface area contributed by atoms with Crippen LogP contribution in [0.15, 0.2) is 24.3 Å². The first-order valence-electron chi connectivity index (χ1n) is 9.72. The van der Waals surface area contributed by atoms with Gasteiger partial charge in [-0.25, -0.2) is 4.39 Å². The van der Waals surface area contributed by atoms with Gasteiger partial charge in [-0.3, -0.25) is 9.59 Å². The van der Waals surface area contributed by atoms with E-state index in [1.54, 1.807) is 12.1 Å². The standard InChI is InChI=1S/C21H28FNO4/c1-14(2)17-12-21(10-3-11-23(21)18(24)8-9-19(25)26)13-27-20(17)15-4-6-16(22)7-5-15/h4-7,14,17,20H,3,8-13H2,1-2H3,(H,25,26)/t17-,20-,21-/m0/s1. The van der Waals surface area contributed by atoms with Crippen LogP contribution in [0.4, 0.5) is 4.39 Å². The fraction of sp³-hybridized carbons (Fsp3) is 0.619. The van der Waals surface area contributed by atoms with Crippen LogP contribution in [-0.4, -0.2) is 40.6 Å². The summed E-state index contributed by atoms with van der Waals surface area (Å²) in [4.78, 5) is 25.4. The second kappa shape index (κ2) is 7.97. The number of hydrogen-bond acceptors (Lipinski definition) is 3. The Morgan fingerprint density at radius 1 is 1.30 bits per heavy atom. The maximum atomic E-state index is 13.3. The van der Waals surface area contributed by atoms with Crippen LogP contribution >= 0.6 is 0 Å². The first kappa shape index (κ1) is 19.8. The molecule has 27 heavy (non-hydrogen) atoms. The van der Waals surface area contributed by atoms with Gasteiger partial charge in [0.2, 0.25) is 5.91 Å². The molecule has 6 heteroatoms. The molecule has 5 nitrogen and oxygen atoms in total. The van der Waals surface area contributed by atoms with E-state index in [9.17, 15) is 14.0 Å². The lowest BCUT2D eigenvalue weighted by molar-refractivity contribution is -0.154. The Bertz CT molecular complexity index is 690. The number of nitrogens with zero attached hydrogens (tertiary/aromatic N) is 1. The SMILES string of the molecule is CC(C)[C@@H]1C[C@@]2(CCCN2C(=O)CCC(=O)O)CO[C@H]1c1ccc(F)cc1. The van der Waals surface area contributed by atoms with Gasteiger partial charge in [0.1, 0.15) is 5.82 Å². The van der Waals surface area contributed by atoms with E-state index in [4.69, 9.17) is 9.84 Å². The zero-order valence-electron chi connectivity index (χ0n) is 16.0. The van der Waals surface area contributed by atoms with Gasteiger partial charge in [-0.15, -0.1) is 0 Å². The molecule has 2 heterocycles. The summed E-state index contributed by atoms with van der Waals surface area (Å²) in [6, 6.07) is 6.46. The van der Waals surface area contributed by atoms with Crippen LogP contribution in [0.1, 0.15) is 57.6 Å². The van der Waals surface area contributed by atoms with Crippen molar-refractivity contribution in [2.75, 3.05) is 13.2 Å². The minimum Gasteiger partial charge on any atom is -0.481 e. The summed E-state index contributed by atoms with van der Waals surface area (Å²) >= 11 is 0. The first-order chi connectivity index (χ1) is 12.8. The molecule has 1 amide bonds. The van der Waals surface area contributed by atoms with E-state index in [1.165, 1.54) is 12.1 Å². The van der Waals surface area contributed by atoms with Crippen LogP contribution in [0, 0.1) is 17.7 Å². The zero-order chi connectivity index (χ0) is 19.6. The highest BCUT2D eigenvalue weighted by Crippen LogP contribution is 2.47. The van der Waals surface area contributed by atoms with E-state index in [-0.39, 0.29) is 42.1 Å². The summed E-state index contributed by atoms with van der Waals surface area (Å²) < 4.78 is 19.6. The fourth-order valence-electron chi connectivity index (χ4n) is 4.59. The molecule has 0 aliphatic carbocycles. The molecule has 1 spiro atoms. The van der Waals surface area contributed by atoms with Crippen molar-refractivity contribution in [2.45, 2.75) is 57.6 Å². The van der Waals surface area contributed by atoms with Gasteiger partial charge in [-0.2, -0.15) is 0 Å². The number of carboxylic acids is 1. The normalized spacial score (nSPS) is 28.1. The van der Waals surface area contributed by atoms with Crippen LogP contribution in [0.25, 0.3) is 0 Å². The molecule has 3 atom stereocenters. The van der Waals surface area contributed by atoms with Gasteiger partial charge in [0.05, 0.1) is 24.7 Å². The van der Waals surface area contributed by atoms with E-state index >= 15 is 0 Å². The highest BCUT2D eigenvalue weighted by atomic mass is 19.1. The number of carboxylic acid groups (broad SMARTS) is 1. The average molecular weight is 377 g/mol. The van der Waals surface area contributed by atoms with Crippen molar-refractivity contribution in [3.05, 3.63) is 35.6 Å². The van der Waals surface area contributed by atoms with Gasteiger partial charge in [0.25, 0.3) is 0 Å². The van der Waals surface area contributed by atoms with Crippen molar-refractivity contribution < 1.29 is 23.8 Å². The van der Waals surface area contributed by atoms with E-state index < -0.39 is 5.97 Å². The quantitative estimate of drug-likeness (QED) is 0.848. The predicted octanol–water partition coefficient (Wildman–Crippen LogP) is 3.79.